The second-order valence-electron chi connectivity index (χ2n) is 4.22. The average Bonchev–Trinajstić information content (AvgIpc) is 2.68. The second kappa shape index (κ2) is 7.49. The summed E-state index contributed by atoms with van der Waals surface area (Å²) in [5.41, 5.74) is 1.30. The summed E-state index contributed by atoms with van der Waals surface area (Å²) in [7, 11) is 0. The van der Waals surface area contributed by atoms with E-state index in [0.717, 1.165) is 32.7 Å². The van der Waals surface area contributed by atoms with E-state index in [4.69, 9.17) is 4.74 Å². The maximum atomic E-state index is 5.49. The summed E-state index contributed by atoms with van der Waals surface area (Å²) in [5.74, 6) is 0.637. The van der Waals surface area contributed by atoms with Gasteiger partial charge in [0.25, 0.3) is 0 Å². The molecule has 1 heterocycles. The first kappa shape index (κ1) is 12.3. The molecule has 0 aromatic carbocycles. The molecule has 0 saturated carbocycles. The molecule has 86 valence electrons. The van der Waals surface area contributed by atoms with Crippen LogP contribution in [-0.2, 0) is 11.3 Å². The first-order chi connectivity index (χ1) is 7.29. The molecule has 0 aliphatic rings. The molecule has 3 heteroatoms. The molecule has 2 N–H and O–H groups in total. The summed E-state index contributed by atoms with van der Waals surface area (Å²) in [6.07, 6.45) is 5.04. The highest BCUT2D eigenvalue weighted by Gasteiger charge is 1.94. The Labute approximate surface area is 92.2 Å². The summed E-state index contributed by atoms with van der Waals surface area (Å²) in [6.45, 7) is 8.03. The minimum absolute atomic E-state index is 0.637. The predicted molar refractivity (Wildman–Crippen MR) is 62.8 cm³/mol. The van der Waals surface area contributed by atoms with Gasteiger partial charge in [0, 0.05) is 32.2 Å². The summed E-state index contributed by atoms with van der Waals surface area (Å²) < 4.78 is 5.49. The van der Waals surface area contributed by atoms with Crippen LogP contribution in [0.4, 0.5) is 0 Å². The summed E-state index contributed by atoms with van der Waals surface area (Å²) in [4.78, 5) is 3.04. The van der Waals surface area contributed by atoms with Crippen molar-refractivity contribution in [3.05, 3.63) is 24.0 Å². The van der Waals surface area contributed by atoms with Crippen molar-refractivity contribution in [1.82, 2.24) is 10.3 Å². The van der Waals surface area contributed by atoms with E-state index < -0.39 is 0 Å². The van der Waals surface area contributed by atoms with Crippen molar-refractivity contribution in [2.24, 2.45) is 5.92 Å². The zero-order valence-electron chi connectivity index (χ0n) is 9.75. The first-order valence-corrected chi connectivity index (χ1v) is 5.69. The lowest BCUT2D eigenvalue weighted by Gasteiger charge is -2.07. The van der Waals surface area contributed by atoms with Gasteiger partial charge in [0.1, 0.15) is 0 Å². The van der Waals surface area contributed by atoms with E-state index in [1.165, 1.54) is 5.56 Å². The normalized spacial score (nSPS) is 11.1. The third-order valence-corrected chi connectivity index (χ3v) is 2.08. The molecule has 1 aromatic rings. The van der Waals surface area contributed by atoms with Crippen LogP contribution in [-0.4, -0.2) is 24.7 Å². The van der Waals surface area contributed by atoms with Crippen LogP contribution in [0, 0.1) is 5.92 Å². The van der Waals surface area contributed by atoms with Crippen LogP contribution in [0.15, 0.2) is 18.5 Å². The van der Waals surface area contributed by atoms with Gasteiger partial charge in [0.05, 0.1) is 0 Å². The Balaban J connectivity index is 1.85. The molecule has 0 aliphatic carbocycles. The Kier molecular flexibility index (Phi) is 6.12. The number of H-pyrrole nitrogens is 1. The molecule has 0 bridgehead atoms. The van der Waals surface area contributed by atoms with Gasteiger partial charge in [0.15, 0.2) is 0 Å². The van der Waals surface area contributed by atoms with Crippen molar-refractivity contribution in [2.45, 2.75) is 26.8 Å². The van der Waals surface area contributed by atoms with Crippen molar-refractivity contribution in [3.8, 4) is 0 Å². The van der Waals surface area contributed by atoms with E-state index >= 15 is 0 Å². The van der Waals surface area contributed by atoms with E-state index in [2.05, 4.69) is 30.2 Å². The second-order valence-corrected chi connectivity index (χ2v) is 4.22. The van der Waals surface area contributed by atoms with Gasteiger partial charge >= 0.3 is 0 Å². The Morgan fingerprint density at radius 1 is 1.47 bits per heavy atom. The van der Waals surface area contributed by atoms with Crippen LogP contribution in [0.2, 0.25) is 0 Å². The molecule has 0 spiro atoms. The summed E-state index contributed by atoms with van der Waals surface area (Å²) >= 11 is 0. The number of hydrogen-bond donors (Lipinski definition) is 2. The molecule has 0 amide bonds. The first-order valence-electron chi connectivity index (χ1n) is 5.69. The van der Waals surface area contributed by atoms with Crippen LogP contribution in [0.1, 0.15) is 25.8 Å². The number of nitrogens with one attached hydrogen (secondary N) is 2. The highest BCUT2D eigenvalue weighted by Crippen LogP contribution is 1.95. The van der Waals surface area contributed by atoms with E-state index in [9.17, 15) is 0 Å². The number of rotatable bonds is 8. The monoisotopic (exact) mass is 210 g/mol. The lowest BCUT2D eigenvalue weighted by atomic mass is 10.2. The van der Waals surface area contributed by atoms with Gasteiger partial charge < -0.3 is 15.0 Å². The zero-order valence-corrected chi connectivity index (χ0v) is 9.75. The maximum absolute atomic E-state index is 5.49. The van der Waals surface area contributed by atoms with Crippen LogP contribution in [0.3, 0.4) is 0 Å². The molecule has 3 nitrogen and oxygen atoms in total. The number of ether oxygens (including phenoxy) is 1. The largest absolute Gasteiger partial charge is 0.381 e. The molecule has 0 saturated heterocycles. The lowest BCUT2D eigenvalue weighted by molar-refractivity contribution is 0.108. The zero-order chi connectivity index (χ0) is 10.9. The fourth-order valence-electron chi connectivity index (χ4n) is 1.32. The molecule has 0 aliphatic heterocycles. The molecular weight excluding hydrogens is 188 g/mol. The van der Waals surface area contributed by atoms with Crippen LogP contribution >= 0.6 is 0 Å². The highest BCUT2D eigenvalue weighted by molar-refractivity contribution is 5.07. The van der Waals surface area contributed by atoms with E-state index in [1.54, 1.807) is 0 Å². The molecule has 0 unspecified atom stereocenters. The number of aromatic amines is 1. The fourth-order valence-corrected chi connectivity index (χ4v) is 1.32. The standard InChI is InChI=1S/C12H22N2O/c1-11(2)10-15-7-3-5-13-8-12-4-6-14-9-12/h4,6,9,11,13-14H,3,5,7-8,10H2,1-2H3. The van der Waals surface area contributed by atoms with E-state index in [0.29, 0.717) is 5.92 Å². The quantitative estimate of drug-likeness (QED) is 0.645. The molecule has 0 fully saturated rings. The smallest absolute Gasteiger partial charge is 0.0489 e. The lowest BCUT2D eigenvalue weighted by Crippen LogP contribution is -2.16. The van der Waals surface area contributed by atoms with Crippen molar-refractivity contribution in [1.29, 1.82) is 0 Å². The van der Waals surface area contributed by atoms with Gasteiger partial charge in [-0.1, -0.05) is 13.8 Å². The minimum atomic E-state index is 0.637. The Bertz CT molecular complexity index is 232. The van der Waals surface area contributed by atoms with Crippen molar-refractivity contribution < 1.29 is 4.74 Å². The summed E-state index contributed by atoms with van der Waals surface area (Å²) in [5, 5.41) is 3.38. The molecule has 0 atom stereocenters. The minimum Gasteiger partial charge on any atom is -0.381 e. The van der Waals surface area contributed by atoms with E-state index in [-0.39, 0.29) is 0 Å². The number of aromatic nitrogens is 1. The van der Waals surface area contributed by atoms with Gasteiger partial charge in [-0.05, 0) is 30.5 Å². The van der Waals surface area contributed by atoms with Crippen LogP contribution in [0.25, 0.3) is 0 Å². The van der Waals surface area contributed by atoms with Gasteiger partial charge in [-0.3, -0.25) is 0 Å². The van der Waals surface area contributed by atoms with Crippen LogP contribution < -0.4 is 5.32 Å². The Morgan fingerprint density at radius 2 is 2.33 bits per heavy atom. The SMILES string of the molecule is CC(C)COCCCNCc1cc[nH]c1. The highest BCUT2D eigenvalue weighted by atomic mass is 16.5. The third-order valence-electron chi connectivity index (χ3n) is 2.08. The molecular formula is C12H22N2O. The Morgan fingerprint density at radius 3 is 3.00 bits per heavy atom. The predicted octanol–water partition coefficient (Wildman–Crippen LogP) is 2.17. The van der Waals surface area contributed by atoms with Gasteiger partial charge in [-0.15, -0.1) is 0 Å². The average molecular weight is 210 g/mol. The van der Waals surface area contributed by atoms with E-state index in [1.807, 2.05) is 12.4 Å². The third kappa shape index (κ3) is 6.31. The molecule has 1 aromatic heterocycles. The van der Waals surface area contributed by atoms with Crippen molar-refractivity contribution in [2.75, 3.05) is 19.8 Å². The maximum Gasteiger partial charge on any atom is 0.0489 e. The fraction of sp³-hybridized carbons (Fsp3) is 0.667. The van der Waals surface area contributed by atoms with Gasteiger partial charge in [0.2, 0.25) is 0 Å². The van der Waals surface area contributed by atoms with Crippen molar-refractivity contribution in [3.63, 3.8) is 0 Å². The summed E-state index contributed by atoms with van der Waals surface area (Å²) in [6, 6.07) is 2.09. The Hall–Kier alpha value is -0.800. The topological polar surface area (TPSA) is 37.0 Å². The number of hydrogen-bond acceptors (Lipinski definition) is 2. The van der Waals surface area contributed by atoms with Gasteiger partial charge in [-0.2, -0.15) is 0 Å². The van der Waals surface area contributed by atoms with Crippen molar-refractivity contribution >= 4 is 0 Å². The molecule has 0 radical (unpaired) electrons. The van der Waals surface area contributed by atoms with Gasteiger partial charge in [-0.25, -0.2) is 0 Å². The molecule has 15 heavy (non-hydrogen) atoms. The van der Waals surface area contributed by atoms with Crippen LogP contribution in [0.5, 0.6) is 0 Å². The molecule has 1 rings (SSSR count).